The minimum atomic E-state index is -0.798. The molecule has 2 nitrogen and oxygen atoms in total. The van der Waals surface area contributed by atoms with Crippen LogP contribution in [0.1, 0.15) is 11.1 Å². The Balaban J connectivity index is 2.50. The highest BCUT2D eigenvalue weighted by Gasteiger charge is 2.08. The fourth-order valence-electron chi connectivity index (χ4n) is 1.93. The Morgan fingerprint density at radius 2 is 1.82 bits per heavy atom. The van der Waals surface area contributed by atoms with E-state index in [0.717, 1.165) is 22.3 Å². The Morgan fingerprint density at radius 1 is 1.12 bits per heavy atom. The van der Waals surface area contributed by atoms with Crippen LogP contribution in [0.5, 0.6) is 0 Å². The van der Waals surface area contributed by atoms with Crippen LogP contribution >= 0.6 is 0 Å². The van der Waals surface area contributed by atoms with Gasteiger partial charge in [0.2, 0.25) is 0 Å². The van der Waals surface area contributed by atoms with Crippen molar-refractivity contribution in [2.24, 2.45) is 0 Å². The number of aryl methyl sites for hydroxylation is 1. The molecule has 0 unspecified atom stereocenters. The third-order valence-electron chi connectivity index (χ3n) is 2.69. The maximum Gasteiger partial charge on any atom is 0.307 e. The Hall–Kier alpha value is -2.09. The number of carboxylic acids is 1. The minimum Gasteiger partial charge on any atom is -0.481 e. The van der Waals surface area contributed by atoms with Gasteiger partial charge in [-0.1, -0.05) is 54.1 Å². The number of aliphatic carboxylic acids is 1. The fraction of sp³-hybridized carbons (Fsp3) is 0.133. The van der Waals surface area contributed by atoms with Crippen molar-refractivity contribution in [2.75, 3.05) is 0 Å². The summed E-state index contributed by atoms with van der Waals surface area (Å²) in [4.78, 5) is 10.9. The molecule has 0 radical (unpaired) electrons. The zero-order valence-corrected chi connectivity index (χ0v) is 9.68. The van der Waals surface area contributed by atoms with E-state index >= 15 is 0 Å². The number of hydrogen-bond donors (Lipinski definition) is 1. The predicted molar refractivity (Wildman–Crippen MR) is 68.0 cm³/mol. The lowest BCUT2D eigenvalue weighted by atomic mass is 9.96. The van der Waals surface area contributed by atoms with E-state index in [1.807, 2.05) is 55.5 Å². The molecule has 0 aliphatic heterocycles. The molecule has 86 valence electrons. The van der Waals surface area contributed by atoms with E-state index in [-0.39, 0.29) is 6.42 Å². The lowest BCUT2D eigenvalue weighted by molar-refractivity contribution is -0.136. The third-order valence-corrected chi connectivity index (χ3v) is 2.69. The summed E-state index contributed by atoms with van der Waals surface area (Å²) in [5, 5.41) is 8.93. The molecule has 0 saturated heterocycles. The Morgan fingerprint density at radius 3 is 2.47 bits per heavy atom. The van der Waals surface area contributed by atoms with Crippen LogP contribution in [0.2, 0.25) is 0 Å². The van der Waals surface area contributed by atoms with E-state index in [4.69, 9.17) is 5.11 Å². The summed E-state index contributed by atoms with van der Waals surface area (Å²) in [6, 6.07) is 15.8. The van der Waals surface area contributed by atoms with Gasteiger partial charge in [0.25, 0.3) is 0 Å². The van der Waals surface area contributed by atoms with Crippen molar-refractivity contribution in [2.45, 2.75) is 13.3 Å². The first-order valence-corrected chi connectivity index (χ1v) is 5.53. The van der Waals surface area contributed by atoms with Crippen LogP contribution < -0.4 is 0 Å². The van der Waals surface area contributed by atoms with Gasteiger partial charge in [-0.05, 0) is 23.6 Å². The molecule has 1 N–H and O–H groups in total. The molecule has 0 amide bonds. The van der Waals surface area contributed by atoms with Gasteiger partial charge < -0.3 is 5.11 Å². The second-order valence-electron chi connectivity index (χ2n) is 4.10. The monoisotopic (exact) mass is 226 g/mol. The average molecular weight is 226 g/mol. The quantitative estimate of drug-likeness (QED) is 0.872. The second-order valence-corrected chi connectivity index (χ2v) is 4.10. The Bertz CT molecular complexity index is 530. The number of hydrogen-bond acceptors (Lipinski definition) is 1. The van der Waals surface area contributed by atoms with Crippen LogP contribution in [0.4, 0.5) is 0 Å². The Kier molecular flexibility index (Phi) is 3.24. The molecule has 0 spiro atoms. The van der Waals surface area contributed by atoms with Gasteiger partial charge in [-0.2, -0.15) is 0 Å². The number of benzene rings is 2. The molecule has 0 fully saturated rings. The number of carbonyl (C=O) groups is 1. The molecule has 0 aliphatic carbocycles. The van der Waals surface area contributed by atoms with Gasteiger partial charge in [0.15, 0.2) is 0 Å². The van der Waals surface area contributed by atoms with Crippen molar-refractivity contribution in [1.82, 2.24) is 0 Å². The van der Waals surface area contributed by atoms with Gasteiger partial charge >= 0.3 is 5.97 Å². The lowest BCUT2D eigenvalue weighted by Gasteiger charge is -2.09. The van der Waals surface area contributed by atoms with Gasteiger partial charge in [0.1, 0.15) is 0 Å². The molecular formula is C15H14O2. The summed E-state index contributed by atoms with van der Waals surface area (Å²) in [6.07, 6.45) is 0.0614. The summed E-state index contributed by atoms with van der Waals surface area (Å²) < 4.78 is 0. The topological polar surface area (TPSA) is 37.3 Å². The van der Waals surface area contributed by atoms with Crippen LogP contribution in [0, 0.1) is 6.92 Å². The third kappa shape index (κ3) is 2.72. The maximum atomic E-state index is 10.9. The highest BCUT2D eigenvalue weighted by molar-refractivity contribution is 5.76. The summed E-state index contributed by atoms with van der Waals surface area (Å²) >= 11 is 0. The fourth-order valence-corrected chi connectivity index (χ4v) is 1.93. The molecule has 0 atom stereocenters. The lowest BCUT2D eigenvalue weighted by Crippen LogP contribution is -2.02. The van der Waals surface area contributed by atoms with Crippen LogP contribution in [-0.4, -0.2) is 11.1 Å². The molecule has 0 heterocycles. The first-order valence-electron chi connectivity index (χ1n) is 5.53. The molecule has 17 heavy (non-hydrogen) atoms. The Labute approximate surface area is 101 Å². The molecule has 2 heteroatoms. The SMILES string of the molecule is Cc1ccc(-c2ccccc2)c(CC(=O)O)c1. The van der Waals surface area contributed by atoms with Crippen LogP contribution in [-0.2, 0) is 11.2 Å². The van der Waals surface area contributed by atoms with Gasteiger partial charge in [-0.15, -0.1) is 0 Å². The summed E-state index contributed by atoms with van der Waals surface area (Å²) in [7, 11) is 0. The smallest absolute Gasteiger partial charge is 0.307 e. The highest BCUT2D eigenvalue weighted by Crippen LogP contribution is 2.25. The molecule has 2 aromatic carbocycles. The summed E-state index contributed by atoms with van der Waals surface area (Å²) in [6.45, 7) is 1.97. The average Bonchev–Trinajstić information content (AvgIpc) is 2.29. The van der Waals surface area contributed by atoms with Crippen molar-refractivity contribution in [1.29, 1.82) is 0 Å². The van der Waals surface area contributed by atoms with Gasteiger partial charge in [-0.25, -0.2) is 0 Å². The highest BCUT2D eigenvalue weighted by atomic mass is 16.4. The van der Waals surface area contributed by atoms with Crippen molar-refractivity contribution >= 4 is 5.97 Å². The van der Waals surface area contributed by atoms with E-state index in [9.17, 15) is 4.79 Å². The van der Waals surface area contributed by atoms with E-state index < -0.39 is 5.97 Å². The molecule has 0 aliphatic rings. The van der Waals surface area contributed by atoms with Gasteiger partial charge in [0.05, 0.1) is 6.42 Å². The van der Waals surface area contributed by atoms with Crippen molar-refractivity contribution in [3.8, 4) is 11.1 Å². The van der Waals surface area contributed by atoms with E-state index in [2.05, 4.69) is 0 Å². The zero-order chi connectivity index (χ0) is 12.3. The molecule has 2 aromatic rings. The van der Waals surface area contributed by atoms with Crippen molar-refractivity contribution in [3.63, 3.8) is 0 Å². The molecule has 0 aromatic heterocycles. The van der Waals surface area contributed by atoms with Crippen LogP contribution in [0.3, 0.4) is 0 Å². The number of carboxylic acid groups (broad SMARTS) is 1. The summed E-state index contributed by atoms with van der Waals surface area (Å²) in [5.41, 5.74) is 4.01. The van der Waals surface area contributed by atoms with Crippen LogP contribution in [0.15, 0.2) is 48.5 Å². The van der Waals surface area contributed by atoms with Gasteiger partial charge in [-0.3, -0.25) is 4.79 Å². The largest absolute Gasteiger partial charge is 0.481 e. The first kappa shape index (κ1) is 11.4. The molecule has 0 saturated carbocycles. The predicted octanol–water partition coefficient (Wildman–Crippen LogP) is 3.29. The normalized spacial score (nSPS) is 10.2. The molecular weight excluding hydrogens is 212 g/mol. The van der Waals surface area contributed by atoms with Crippen LogP contribution in [0.25, 0.3) is 11.1 Å². The second kappa shape index (κ2) is 4.83. The molecule has 2 rings (SSSR count). The standard InChI is InChI=1S/C15H14O2/c1-11-7-8-14(12-5-3-2-4-6-12)13(9-11)10-15(16)17/h2-9H,10H2,1H3,(H,16,17). The van der Waals surface area contributed by atoms with Crippen molar-refractivity contribution in [3.05, 3.63) is 59.7 Å². The minimum absolute atomic E-state index is 0.0614. The summed E-state index contributed by atoms with van der Waals surface area (Å²) in [5.74, 6) is -0.798. The maximum absolute atomic E-state index is 10.9. The zero-order valence-electron chi connectivity index (χ0n) is 9.68. The van der Waals surface area contributed by atoms with Gasteiger partial charge in [0, 0.05) is 0 Å². The van der Waals surface area contributed by atoms with E-state index in [0.29, 0.717) is 0 Å². The first-order chi connectivity index (χ1) is 8.16. The van der Waals surface area contributed by atoms with E-state index in [1.54, 1.807) is 0 Å². The van der Waals surface area contributed by atoms with E-state index in [1.165, 1.54) is 0 Å². The molecule has 0 bridgehead atoms. The number of rotatable bonds is 3. The van der Waals surface area contributed by atoms with Crippen molar-refractivity contribution < 1.29 is 9.90 Å².